The van der Waals surface area contributed by atoms with E-state index in [1.54, 1.807) is 0 Å². The topological polar surface area (TPSA) is 36.1 Å². The molecule has 0 aliphatic carbocycles. The van der Waals surface area contributed by atoms with Crippen molar-refractivity contribution in [1.29, 1.82) is 0 Å². The Morgan fingerprint density at radius 3 is 2.76 bits per heavy atom. The quantitative estimate of drug-likeness (QED) is 0.722. The molecule has 3 heteroatoms. The van der Waals surface area contributed by atoms with Gasteiger partial charge in [-0.05, 0) is 62.2 Å². The second-order valence-electron chi connectivity index (χ2n) is 5.08. The van der Waals surface area contributed by atoms with Gasteiger partial charge in [-0.3, -0.25) is 0 Å². The van der Waals surface area contributed by atoms with Crippen LogP contribution < -0.4 is 16.0 Å². The van der Waals surface area contributed by atoms with E-state index in [4.69, 9.17) is 0 Å². The highest BCUT2D eigenvalue weighted by Gasteiger charge is 2.14. The highest BCUT2D eigenvalue weighted by Crippen LogP contribution is 2.20. The maximum absolute atomic E-state index is 3.66. The summed E-state index contributed by atoms with van der Waals surface area (Å²) in [4.78, 5) is 0. The Kier molecular flexibility index (Phi) is 3.29. The van der Waals surface area contributed by atoms with Crippen molar-refractivity contribution < 1.29 is 0 Å². The van der Waals surface area contributed by atoms with Crippen molar-refractivity contribution in [1.82, 2.24) is 10.6 Å². The molecule has 2 aliphatic heterocycles. The molecule has 0 bridgehead atoms. The predicted molar refractivity (Wildman–Crippen MR) is 71.4 cm³/mol. The molecule has 0 atom stereocenters. The Hall–Kier alpha value is -1.06. The second-order valence-corrected chi connectivity index (χ2v) is 5.08. The molecule has 3 rings (SSSR count). The van der Waals surface area contributed by atoms with Crippen molar-refractivity contribution in [3.8, 4) is 0 Å². The van der Waals surface area contributed by atoms with Crippen molar-refractivity contribution >= 4 is 5.69 Å². The van der Waals surface area contributed by atoms with Gasteiger partial charge in [0, 0.05) is 18.3 Å². The van der Waals surface area contributed by atoms with Crippen LogP contribution in [0.1, 0.15) is 24.0 Å². The predicted octanol–water partition coefficient (Wildman–Crippen LogP) is 1.50. The van der Waals surface area contributed by atoms with E-state index in [1.807, 2.05) is 0 Å². The average Bonchev–Trinajstić information content (AvgIpc) is 2.40. The normalized spacial score (nSPS) is 20.9. The average molecular weight is 231 g/mol. The zero-order valence-corrected chi connectivity index (χ0v) is 10.3. The molecule has 2 aliphatic rings. The van der Waals surface area contributed by atoms with Crippen LogP contribution in [0.4, 0.5) is 5.69 Å². The fourth-order valence-electron chi connectivity index (χ4n) is 2.77. The summed E-state index contributed by atoms with van der Waals surface area (Å²) in [6, 6.07) is 7.50. The van der Waals surface area contributed by atoms with Gasteiger partial charge < -0.3 is 16.0 Å². The van der Waals surface area contributed by atoms with Gasteiger partial charge in [0.1, 0.15) is 0 Å². The van der Waals surface area contributed by atoms with Gasteiger partial charge in [-0.15, -0.1) is 0 Å². The van der Waals surface area contributed by atoms with E-state index < -0.39 is 0 Å². The minimum Gasteiger partial charge on any atom is -0.382 e. The highest BCUT2D eigenvalue weighted by molar-refractivity contribution is 5.50. The van der Waals surface area contributed by atoms with Gasteiger partial charge in [0.25, 0.3) is 0 Å². The fourth-order valence-corrected chi connectivity index (χ4v) is 2.77. The number of rotatable bonds is 2. The lowest BCUT2D eigenvalue weighted by Crippen LogP contribution is -2.35. The van der Waals surface area contributed by atoms with E-state index in [1.165, 1.54) is 36.1 Å². The Bertz CT molecular complexity index is 383. The summed E-state index contributed by atoms with van der Waals surface area (Å²) in [6.07, 6.45) is 3.63. The molecule has 0 amide bonds. The first-order chi connectivity index (χ1) is 8.42. The number of benzene rings is 1. The van der Waals surface area contributed by atoms with Crippen LogP contribution >= 0.6 is 0 Å². The molecule has 0 spiro atoms. The maximum atomic E-state index is 3.66. The lowest BCUT2D eigenvalue weighted by atomic mass is 9.99. The Morgan fingerprint density at radius 1 is 1.00 bits per heavy atom. The summed E-state index contributed by atoms with van der Waals surface area (Å²) >= 11 is 0. The monoisotopic (exact) mass is 231 g/mol. The zero-order valence-electron chi connectivity index (χ0n) is 10.3. The van der Waals surface area contributed by atoms with Crippen LogP contribution in [0.5, 0.6) is 0 Å². The van der Waals surface area contributed by atoms with Crippen LogP contribution in [0.15, 0.2) is 18.2 Å². The summed E-state index contributed by atoms with van der Waals surface area (Å²) in [5.41, 5.74) is 4.27. The number of hydrogen-bond donors (Lipinski definition) is 3. The molecule has 3 nitrogen and oxygen atoms in total. The third kappa shape index (κ3) is 2.61. The van der Waals surface area contributed by atoms with Crippen LogP contribution in [0.2, 0.25) is 0 Å². The zero-order chi connectivity index (χ0) is 11.5. The largest absolute Gasteiger partial charge is 0.382 e. The molecule has 92 valence electrons. The molecule has 2 heterocycles. The SMILES string of the molecule is c1cc2c(cc1NC1CCNCC1)CNCC2. The second kappa shape index (κ2) is 5.07. The maximum Gasteiger partial charge on any atom is 0.0345 e. The molecule has 0 aromatic heterocycles. The minimum absolute atomic E-state index is 0.644. The van der Waals surface area contributed by atoms with E-state index in [2.05, 4.69) is 34.1 Å². The van der Waals surface area contributed by atoms with E-state index in [0.717, 1.165) is 26.2 Å². The van der Waals surface area contributed by atoms with Gasteiger partial charge in [-0.25, -0.2) is 0 Å². The molecule has 1 aromatic carbocycles. The van der Waals surface area contributed by atoms with Crippen LogP contribution in [0.3, 0.4) is 0 Å². The molecular formula is C14H21N3. The Morgan fingerprint density at radius 2 is 1.88 bits per heavy atom. The first-order valence-electron chi connectivity index (χ1n) is 6.71. The molecule has 1 aromatic rings. The van der Waals surface area contributed by atoms with Crippen molar-refractivity contribution in [3.63, 3.8) is 0 Å². The molecule has 17 heavy (non-hydrogen) atoms. The van der Waals surface area contributed by atoms with Gasteiger partial charge >= 0.3 is 0 Å². The van der Waals surface area contributed by atoms with Crippen LogP contribution in [0, 0.1) is 0 Å². The molecule has 1 saturated heterocycles. The van der Waals surface area contributed by atoms with Gasteiger partial charge in [-0.2, -0.15) is 0 Å². The summed E-state index contributed by atoms with van der Waals surface area (Å²) in [5, 5.41) is 10.5. The Balaban J connectivity index is 1.70. The summed E-state index contributed by atoms with van der Waals surface area (Å²) in [5.74, 6) is 0. The molecular weight excluding hydrogens is 210 g/mol. The number of piperidine rings is 1. The van der Waals surface area contributed by atoms with Crippen LogP contribution in [0.25, 0.3) is 0 Å². The molecule has 0 unspecified atom stereocenters. The van der Waals surface area contributed by atoms with E-state index in [9.17, 15) is 0 Å². The first kappa shape index (κ1) is 11.1. The Labute approximate surface area is 103 Å². The van der Waals surface area contributed by atoms with E-state index >= 15 is 0 Å². The summed E-state index contributed by atoms with van der Waals surface area (Å²) in [7, 11) is 0. The third-order valence-electron chi connectivity index (χ3n) is 3.80. The number of anilines is 1. The lowest BCUT2D eigenvalue weighted by molar-refractivity contribution is 0.479. The molecule has 3 N–H and O–H groups in total. The van der Waals surface area contributed by atoms with Crippen molar-refractivity contribution in [2.24, 2.45) is 0 Å². The number of nitrogens with one attached hydrogen (secondary N) is 3. The van der Waals surface area contributed by atoms with E-state index in [-0.39, 0.29) is 0 Å². The lowest BCUT2D eigenvalue weighted by Gasteiger charge is -2.26. The number of hydrogen-bond acceptors (Lipinski definition) is 3. The third-order valence-corrected chi connectivity index (χ3v) is 3.80. The summed E-state index contributed by atoms with van der Waals surface area (Å²) in [6.45, 7) is 4.43. The molecule has 1 fully saturated rings. The van der Waals surface area contributed by atoms with Crippen molar-refractivity contribution in [2.75, 3.05) is 25.0 Å². The minimum atomic E-state index is 0.644. The van der Waals surface area contributed by atoms with Crippen molar-refractivity contribution in [3.05, 3.63) is 29.3 Å². The molecule has 0 radical (unpaired) electrons. The van der Waals surface area contributed by atoms with E-state index in [0.29, 0.717) is 6.04 Å². The highest BCUT2D eigenvalue weighted by atomic mass is 15.0. The van der Waals surface area contributed by atoms with Crippen LogP contribution in [-0.2, 0) is 13.0 Å². The summed E-state index contributed by atoms with van der Waals surface area (Å²) < 4.78 is 0. The van der Waals surface area contributed by atoms with Crippen LogP contribution in [-0.4, -0.2) is 25.7 Å². The van der Waals surface area contributed by atoms with Crippen molar-refractivity contribution in [2.45, 2.75) is 31.8 Å². The van der Waals surface area contributed by atoms with Gasteiger partial charge in [-0.1, -0.05) is 6.07 Å². The van der Waals surface area contributed by atoms with Gasteiger partial charge in [0.2, 0.25) is 0 Å². The number of fused-ring (bicyclic) bond motifs is 1. The smallest absolute Gasteiger partial charge is 0.0345 e. The standard InChI is InChI=1S/C14H21N3/c1-2-14(17-13-4-7-15-8-5-13)9-12-10-16-6-3-11(1)12/h1-2,9,13,15-17H,3-8,10H2. The fraction of sp³-hybridized carbons (Fsp3) is 0.571. The first-order valence-corrected chi connectivity index (χ1v) is 6.71. The van der Waals surface area contributed by atoms with Gasteiger partial charge in [0.15, 0.2) is 0 Å². The van der Waals surface area contributed by atoms with Gasteiger partial charge in [0.05, 0.1) is 0 Å². The molecule has 0 saturated carbocycles.